The summed E-state index contributed by atoms with van der Waals surface area (Å²) in [5, 5.41) is 13.6. The largest absolute Gasteiger partial charge is 0.508 e. The number of carbonyl (C=O) groups excluding carboxylic acids is 1. The van der Waals surface area contributed by atoms with Crippen LogP contribution in [0.15, 0.2) is 29.4 Å². The van der Waals surface area contributed by atoms with E-state index in [4.69, 9.17) is 0 Å². The van der Waals surface area contributed by atoms with Gasteiger partial charge in [-0.3, -0.25) is 9.69 Å². The lowest BCUT2D eigenvalue weighted by Crippen LogP contribution is -2.48. The molecule has 5 nitrogen and oxygen atoms in total. The average Bonchev–Trinajstić information content (AvgIpc) is 2.46. The average molecular weight is 259 g/mol. The van der Waals surface area contributed by atoms with Gasteiger partial charge < -0.3 is 5.11 Å². The number of nitrogens with zero attached hydrogens (tertiary/aromatic N) is 2. The first-order valence-electron chi connectivity index (χ1n) is 6.60. The highest BCUT2D eigenvalue weighted by Crippen LogP contribution is 2.25. The minimum atomic E-state index is -0.278. The third kappa shape index (κ3) is 2.61. The van der Waals surface area contributed by atoms with Crippen LogP contribution in [-0.2, 0) is 0 Å². The van der Waals surface area contributed by atoms with E-state index in [0.717, 1.165) is 38.2 Å². The maximum absolute atomic E-state index is 11.9. The lowest BCUT2D eigenvalue weighted by molar-refractivity contribution is 0.0953. The third-order valence-corrected chi connectivity index (χ3v) is 3.85. The van der Waals surface area contributed by atoms with Gasteiger partial charge in [-0.1, -0.05) is 6.07 Å². The number of nitrogens with one attached hydrogen (secondary N) is 1. The Morgan fingerprint density at radius 3 is 2.79 bits per heavy atom. The monoisotopic (exact) mass is 259 g/mol. The lowest BCUT2D eigenvalue weighted by Gasteiger charge is -2.39. The fourth-order valence-corrected chi connectivity index (χ4v) is 2.74. The van der Waals surface area contributed by atoms with Gasteiger partial charge in [-0.25, -0.2) is 5.43 Å². The first-order valence-corrected chi connectivity index (χ1v) is 6.60. The molecule has 0 spiro atoms. The fourth-order valence-electron chi connectivity index (χ4n) is 2.74. The molecule has 0 atom stereocenters. The molecule has 2 bridgehead atoms. The SMILES string of the molecule is O=C(N/N=C1\CN2CCC1CC2)c1cccc(O)c1. The molecule has 1 amide bonds. The number of aromatic hydroxyl groups is 1. The molecule has 3 aliphatic rings. The highest BCUT2D eigenvalue weighted by molar-refractivity contribution is 5.96. The summed E-state index contributed by atoms with van der Waals surface area (Å²) in [5.41, 5.74) is 4.09. The number of hydrazone groups is 1. The molecule has 3 saturated heterocycles. The number of fused-ring (bicyclic) bond motifs is 3. The van der Waals surface area contributed by atoms with Crippen molar-refractivity contribution in [2.45, 2.75) is 12.8 Å². The second-order valence-corrected chi connectivity index (χ2v) is 5.14. The van der Waals surface area contributed by atoms with E-state index in [0.29, 0.717) is 11.5 Å². The molecule has 1 aromatic rings. The summed E-state index contributed by atoms with van der Waals surface area (Å²) in [4.78, 5) is 14.3. The first kappa shape index (κ1) is 12.2. The highest BCUT2D eigenvalue weighted by atomic mass is 16.3. The zero-order chi connectivity index (χ0) is 13.2. The van der Waals surface area contributed by atoms with Gasteiger partial charge in [-0.2, -0.15) is 5.10 Å². The minimum Gasteiger partial charge on any atom is -0.508 e. The molecule has 0 aliphatic carbocycles. The fraction of sp³-hybridized carbons (Fsp3) is 0.429. The molecule has 4 rings (SSSR count). The van der Waals surface area contributed by atoms with Crippen molar-refractivity contribution in [1.29, 1.82) is 0 Å². The predicted octanol–water partition coefficient (Wildman–Crippen LogP) is 1.20. The summed E-state index contributed by atoms with van der Waals surface area (Å²) in [6, 6.07) is 6.28. The van der Waals surface area contributed by atoms with Crippen molar-refractivity contribution in [2.24, 2.45) is 11.0 Å². The molecule has 3 aliphatic heterocycles. The molecule has 0 unspecified atom stereocenters. The minimum absolute atomic E-state index is 0.0862. The van der Waals surface area contributed by atoms with Crippen LogP contribution in [0.5, 0.6) is 5.75 Å². The van der Waals surface area contributed by atoms with E-state index in [2.05, 4.69) is 15.4 Å². The number of phenols is 1. The molecular formula is C14H17N3O2. The van der Waals surface area contributed by atoms with Crippen LogP contribution in [0.1, 0.15) is 23.2 Å². The molecule has 0 saturated carbocycles. The zero-order valence-electron chi connectivity index (χ0n) is 10.7. The van der Waals surface area contributed by atoms with E-state index in [1.165, 1.54) is 12.1 Å². The number of rotatable bonds is 2. The van der Waals surface area contributed by atoms with Crippen LogP contribution in [0.3, 0.4) is 0 Å². The van der Waals surface area contributed by atoms with E-state index in [1.54, 1.807) is 12.1 Å². The van der Waals surface area contributed by atoms with Crippen molar-refractivity contribution in [3.8, 4) is 5.75 Å². The number of benzene rings is 1. The molecule has 0 radical (unpaired) electrons. The van der Waals surface area contributed by atoms with Crippen LogP contribution in [0.4, 0.5) is 0 Å². The molecular weight excluding hydrogens is 242 g/mol. The summed E-state index contributed by atoms with van der Waals surface area (Å²) >= 11 is 0. The number of phenolic OH excluding ortho intramolecular Hbond substituents is 1. The van der Waals surface area contributed by atoms with E-state index in [1.807, 2.05) is 0 Å². The Balaban J connectivity index is 1.67. The van der Waals surface area contributed by atoms with E-state index in [9.17, 15) is 9.90 Å². The topological polar surface area (TPSA) is 64.9 Å². The summed E-state index contributed by atoms with van der Waals surface area (Å²) in [7, 11) is 0. The zero-order valence-corrected chi connectivity index (χ0v) is 10.7. The Morgan fingerprint density at radius 2 is 2.16 bits per heavy atom. The Bertz CT molecular complexity index is 519. The van der Waals surface area contributed by atoms with Crippen LogP contribution in [-0.4, -0.2) is 41.3 Å². The van der Waals surface area contributed by atoms with Crippen molar-refractivity contribution >= 4 is 11.6 Å². The van der Waals surface area contributed by atoms with Gasteiger partial charge in [0.2, 0.25) is 0 Å². The molecule has 3 fully saturated rings. The number of carbonyl (C=O) groups is 1. The molecule has 5 heteroatoms. The summed E-state index contributed by atoms with van der Waals surface area (Å²) in [5.74, 6) is 0.331. The standard InChI is InChI=1S/C14H17N3O2/c18-12-3-1-2-11(8-12)14(19)16-15-13-9-17-6-4-10(13)5-7-17/h1-3,8,10,18H,4-7,9H2,(H,16,19)/b15-13+. The Kier molecular flexibility index (Phi) is 3.21. The second kappa shape index (κ2) is 5.01. The second-order valence-electron chi connectivity index (χ2n) is 5.14. The Hall–Kier alpha value is -1.88. The Labute approximate surface area is 111 Å². The van der Waals surface area contributed by atoms with E-state index < -0.39 is 0 Å². The van der Waals surface area contributed by atoms with Crippen molar-refractivity contribution in [3.05, 3.63) is 29.8 Å². The van der Waals surface area contributed by atoms with Crippen LogP contribution in [0.25, 0.3) is 0 Å². The van der Waals surface area contributed by atoms with Gasteiger partial charge in [0.1, 0.15) is 5.75 Å². The van der Waals surface area contributed by atoms with Gasteiger partial charge in [0.15, 0.2) is 0 Å². The number of hydrogen-bond acceptors (Lipinski definition) is 4. The Morgan fingerprint density at radius 1 is 1.37 bits per heavy atom. The molecule has 0 aromatic heterocycles. The summed E-state index contributed by atoms with van der Waals surface area (Å²) < 4.78 is 0. The molecule has 1 aromatic carbocycles. The number of piperidine rings is 3. The summed E-state index contributed by atoms with van der Waals surface area (Å²) in [6.45, 7) is 3.15. The molecule has 2 N–H and O–H groups in total. The first-order chi connectivity index (χ1) is 9.22. The van der Waals surface area contributed by atoms with Gasteiger partial charge in [0, 0.05) is 18.0 Å². The highest BCUT2D eigenvalue weighted by Gasteiger charge is 2.30. The van der Waals surface area contributed by atoms with E-state index in [-0.39, 0.29) is 11.7 Å². The molecule has 3 heterocycles. The van der Waals surface area contributed by atoms with Crippen LogP contribution < -0.4 is 5.43 Å². The quantitative estimate of drug-likeness (QED) is 0.784. The maximum atomic E-state index is 11.9. The van der Waals surface area contributed by atoms with Crippen molar-refractivity contribution < 1.29 is 9.90 Å². The van der Waals surface area contributed by atoms with Gasteiger partial charge in [-0.05, 0) is 44.1 Å². The van der Waals surface area contributed by atoms with Crippen LogP contribution in [0, 0.1) is 5.92 Å². The van der Waals surface area contributed by atoms with Gasteiger partial charge in [0.25, 0.3) is 5.91 Å². The van der Waals surface area contributed by atoms with Gasteiger partial charge >= 0.3 is 0 Å². The van der Waals surface area contributed by atoms with Gasteiger partial charge in [0.05, 0.1) is 5.71 Å². The molecule has 19 heavy (non-hydrogen) atoms. The molecule has 100 valence electrons. The van der Waals surface area contributed by atoms with Crippen molar-refractivity contribution in [3.63, 3.8) is 0 Å². The van der Waals surface area contributed by atoms with E-state index >= 15 is 0 Å². The van der Waals surface area contributed by atoms with Crippen LogP contribution in [0.2, 0.25) is 0 Å². The number of hydrogen-bond donors (Lipinski definition) is 2. The lowest BCUT2D eigenvalue weighted by atomic mass is 9.87. The predicted molar refractivity (Wildman–Crippen MR) is 72.2 cm³/mol. The van der Waals surface area contributed by atoms with Crippen molar-refractivity contribution in [2.75, 3.05) is 19.6 Å². The van der Waals surface area contributed by atoms with Gasteiger partial charge in [-0.15, -0.1) is 0 Å². The normalized spacial score (nSPS) is 27.5. The maximum Gasteiger partial charge on any atom is 0.271 e. The third-order valence-electron chi connectivity index (χ3n) is 3.85. The van der Waals surface area contributed by atoms with Crippen molar-refractivity contribution in [1.82, 2.24) is 10.3 Å². The number of amides is 1. The summed E-state index contributed by atoms with van der Waals surface area (Å²) in [6.07, 6.45) is 2.28. The smallest absolute Gasteiger partial charge is 0.271 e. The van der Waals surface area contributed by atoms with Crippen LogP contribution >= 0.6 is 0 Å².